The molecule has 0 radical (unpaired) electrons. The lowest BCUT2D eigenvalue weighted by Gasteiger charge is -2.52. The summed E-state index contributed by atoms with van der Waals surface area (Å²) in [6.07, 6.45) is 31.6. The van der Waals surface area contributed by atoms with Gasteiger partial charge in [-0.25, -0.2) is 0 Å². The van der Waals surface area contributed by atoms with Crippen molar-refractivity contribution < 1.29 is 0 Å². The molecule has 0 bridgehead atoms. The van der Waals surface area contributed by atoms with E-state index in [1.165, 1.54) is 141 Å². The first-order valence-corrected chi connectivity index (χ1v) is 16.2. The molecule has 2 rings (SSSR count). The molecule has 0 aromatic heterocycles. The second-order valence-corrected chi connectivity index (χ2v) is 13.1. The van der Waals surface area contributed by atoms with Gasteiger partial charge in [-0.2, -0.15) is 0 Å². The van der Waals surface area contributed by atoms with E-state index in [0.29, 0.717) is 11.0 Å². The van der Waals surface area contributed by atoms with Crippen LogP contribution in [0.25, 0.3) is 0 Å². The second-order valence-electron chi connectivity index (χ2n) is 13.1. The molecule has 1 saturated carbocycles. The van der Waals surface area contributed by atoms with E-state index in [-0.39, 0.29) is 0 Å². The molecule has 4 atom stereocenters. The second kappa shape index (κ2) is 15.9. The molecule has 1 heteroatoms. The zero-order valence-electron chi connectivity index (χ0n) is 24.7. The van der Waals surface area contributed by atoms with Crippen molar-refractivity contribution in [3.05, 3.63) is 0 Å². The Labute approximate surface area is 216 Å². The van der Waals surface area contributed by atoms with Gasteiger partial charge in [0.2, 0.25) is 0 Å². The largest absolute Gasteiger partial charge is 0.291 e. The van der Waals surface area contributed by atoms with Crippen molar-refractivity contribution in [1.82, 2.24) is 4.90 Å². The van der Waals surface area contributed by atoms with Gasteiger partial charge in [-0.3, -0.25) is 4.90 Å². The van der Waals surface area contributed by atoms with E-state index < -0.39 is 0 Å². The fraction of sp³-hybridized carbons (Fsp3) is 1.00. The maximum Gasteiger partial charge on any atom is 0.0187 e. The number of fused-ring (bicyclic) bond motifs is 1. The maximum atomic E-state index is 3.26. The minimum absolute atomic E-state index is 0.423. The molecule has 1 aliphatic heterocycles. The van der Waals surface area contributed by atoms with Crippen molar-refractivity contribution in [2.45, 2.75) is 200 Å². The van der Waals surface area contributed by atoms with Gasteiger partial charge >= 0.3 is 0 Å². The van der Waals surface area contributed by atoms with E-state index in [0.717, 1.165) is 18.0 Å². The smallest absolute Gasteiger partial charge is 0.0187 e. The third-order valence-electron chi connectivity index (χ3n) is 10.1. The number of likely N-dealkylation sites (tertiary alicyclic amines) is 1. The van der Waals surface area contributed by atoms with Crippen LogP contribution in [0.15, 0.2) is 0 Å². The Kier molecular flexibility index (Phi) is 14.2. The SMILES string of the molecule is CCCCCCC(C)(CCCC)C1CC2CCCC2N1C(C)(CCCCCC)CCCCCC. The Morgan fingerprint density at radius 3 is 1.62 bits per heavy atom. The number of unbranched alkanes of at least 4 members (excludes halogenated alkanes) is 10. The van der Waals surface area contributed by atoms with Gasteiger partial charge in [0.15, 0.2) is 0 Å². The monoisotopic (exact) mass is 476 g/mol. The van der Waals surface area contributed by atoms with Crippen LogP contribution in [0.1, 0.15) is 183 Å². The molecule has 1 heterocycles. The molecule has 0 N–H and O–H groups in total. The van der Waals surface area contributed by atoms with Crippen LogP contribution in [-0.2, 0) is 0 Å². The zero-order valence-corrected chi connectivity index (χ0v) is 24.7. The first-order valence-electron chi connectivity index (χ1n) is 16.2. The summed E-state index contributed by atoms with van der Waals surface area (Å²) < 4.78 is 0. The molecule has 202 valence electrons. The van der Waals surface area contributed by atoms with E-state index >= 15 is 0 Å². The van der Waals surface area contributed by atoms with Crippen molar-refractivity contribution in [2.75, 3.05) is 0 Å². The van der Waals surface area contributed by atoms with Gasteiger partial charge in [-0.1, -0.05) is 131 Å². The van der Waals surface area contributed by atoms with E-state index in [1.54, 1.807) is 0 Å². The summed E-state index contributed by atoms with van der Waals surface area (Å²) in [6, 6.07) is 1.72. The summed E-state index contributed by atoms with van der Waals surface area (Å²) in [7, 11) is 0. The van der Waals surface area contributed by atoms with Gasteiger partial charge in [-0.15, -0.1) is 0 Å². The molecule has 0 aromatic carbocycles. The van der Waals surface area contributed by atoms with E-state index in [9.17, 15) is 0 Å². The minimum Gasteiger partial charge on any atom is -0.291 e. The van der Waals surface area contributed by atoms with Crippen LogP contribution >= 0.6 is 0 Å². The lowest BCUT2D eigenvalue weighted by Crippen LogP contribution is -2.57. The normalized spacial score (nSPS) is 25.1. The first kappa shape index (κ1) is 30.2. The summed E-state index contributed by atoms with van der Waals surface area (Å²) in [4.78, 5) is 3.26. The van der Waals surface area contributed by atoms with Crippen molar-refractivity contribution in [3.8, 4) is 0 Å². The van der Waals surface area contributed by atoms with Crippen molar-refractivity contribution in [3.63, 3.8) is 0 Å². The highest BCUT2D eigenvalue weighted by Crippen LogP contribution is 2.54. The van der Waals surface area contributed by atoms with E-state index in [4.69, 9.17) is 0 Å². The lowest BCUT2D eigenvalue weighted by molar-refractivity contribution is -0.0272. The molecule has 1 nitrogen and oxygen atoms in total. The van der Waals surface area contributed by atoms with Crippen LogP contribution in [0.3, 0.4) is 0 Å². The van der Waals surface area contributed by atoms with Gasteiger partial charge in [0.1, 0.15) is 0 Å². The third-order valence-corrected chi connectivity index (χ3v) is 10.1. The number of hydrogen-bond donors (Lipinski definition) is 0. The van der Waals surface area contributed by atoms with Gasteiger partial charge in [0.25, 0.3) is 0 Å². The predicted molar refractivity (Wildman–Crippen MR) is 154 cm³/mol. The Balaban J connectivity index is 2.28. The Morgan fingerprint density at radius 1 is 0.588 bits per heavy atom. The summed E-state index contributed by atoms with van der Waals surface area (Å²) in [5, 5.41) is 0. The summed E-state index contributed by atoms with van der Waals surface area (Å²) in [5.41, 5.74) is 0.939. The van der Waals surface area contributed by atoms with E-state index in [2.05, 4.69) is 46.4 Å². The molecular formula is C33H65N. The van der Waals surface area contributed by atoms with Crippen LogP contribution < -0.4 is 0 Å². The number of nitrogens with zero attached hydrogens (tertiary/aromatic N) is 1. The van der Waals surface area contributed by atoms with Gasteiger partial charge in [0, 0.05) is 17.6 Å². The minimum atomic E-state index is 0.423. The van der Waals surface area contributed by atoms with Crippen molar-refractivity contribution in [2.24, 2.45) is 11.3 Å². The molecule has 1 aliphatic carbocycles. The topological polar surface area (TPSA) is 3.24 Å². The fourth-order valence-corrected chi connectivity index (χ4v) is 7.93. The highest BCUT2D eigenvalue weighted by atomic mass is 15.3. The number of hydrogen-bond acceptors (Lipinski definition) is 1. The van der Waals surface area contributed by atoms with Gasteiger partial charge in [-0.05, 0) is 63.2 Å². The molecule has 1 saturated heterocycles. The molecule has 34 heavy (non-hydrogen) atoms. The average molecular weight is 476 g/mol. The first-order chi connectivity index (χ1) is 16.5. The van der Waals surface area contributed by atoms with Crippen LogP contribution in [0.5, 0.6) is 0 Å². The Hall–Kier alpha value is -0.0400. The highest BCUT2D eigenvalue weighted by molar-refractivity contribution is 5.08. The van der Waals surface area contributed by atoms with Crippen LogP contribution in [0.2, 0.25) is 0 Å². The summed E-state index contributed by atoms with van der Waals surface area (Å²) >= 11 is 0. The molecule has 0 spiro atoms. The van der Waals surface area contributed by atoms with Crippen molar-refractivity contribution >= 4 is 0 Å². The number of rotatable bonds is 20. The van der Waals surface area contributed by atoms with Gasteiger partial charge < -0.3 is 0 Å². The van der Waals surface area contributed by atoms with Crippen LogP contribution in [0.4, 0.5) is 0 Å². The molecule has 2 fully saturated rings. The van der Waals surface area contributed by atoms with Gasteiger partial charge in [0.05, 0.1) is 0 Å². The summed E-state index contributed by atoms with van der Waals surface area (Å²) in [6.45, 7) is 15.0. The molecule has 4 unspecified atom stereocenters. The summed E-state index contributed by atoms with van der Waals surface area (Å²) in [5.74, 6) is 0.993. The Morgan fingerprint density at radius 2 is 1.09 bits per heavy atom. The van der Waals surface area contributed by atoms with Crippen molar-refractivity contribution in [1.29, 1.82) is 0 Å². The molecule has 0 aromatic rings. The predicted octanol–water partition coefficient (Wildman–Crippen LogP) is 11.1. The molecule has 0 amide bonds. The molecule has 2 aliphatic rings. The standard InChI is InChI=1S/C33H65N/c1-7-11-15-18-25-32(5,24-14-10-4)31-28-29-22-21-23-30(29)34(31)33(6,26-19-16-12-8-2)27-20-17-13-9-3/h29-31H,7-28H2,1-6H3. The maximum absolute atomic E-state index is 3.26. The van der Waals surface area contributed by atoms with Crippen LogP contribution in [0, 0.1) is 11.3 Å². The lowest BCUT2D eigenvalue weighted by atomic mass is 9.70. The zero-order chi connectivity index (χ0) is 24.9. The van der Waals surface area contributed by atoms with E-state index in [1.807, 2.05) is 0 Å². The quantitative estimate of drug-likeness (QED) is 0.158. The Bertz CT molecular complexity index is 501. The van der Waals surface area contributed by atoms with Crippen LogP contribution in [-0.4, -0.2) is 22.5 Å². The third kappa shape index (κ3) is 8.52. The average Bonchev–Trinajstić information content (AvgIpc) is 3.43. The molecular weight excluding hydrogens is 410 g/mol. The fourth-order valence-electron chi connectivity index (χ4n) is 7.93. The highest BCUT2D eigenvalue weighted by Gasteiger charge is 2.54.